The molecule has 0 aliphatic rings. The van der Waals surface area contributed by atoms with Crippen LogP contribution in [0.15, 0.2) is 24.3 Å². The summed E-state index contributed by atoms with van der Waals surface area (Å²) in [6.45, 7) is 1.75. The highest BCUT2D eigenvalue weighted by Crippen LogP contribution is 2.11. The summed E-state index contributed by atoms with van der Waals surface area (Å²) in [6.07, 6.45) is 2.14. The highest BCUT2D eigenvalue weighted by molar-refractivity contribution is 6.30. The van der Waals surface area contributed by atoms with E-state index in [9.17, 15) is 4.79 Å². The Labute approximate surface area is 107 Å². The molecule has 17 heavy (non-hydrogen) atoms. The van der Waals surface area contributed by atoms with E-state index >= 15 is 0 Å². The normalized spacial score (nSPS) is 12.2. The molecule has 0 aliphatic carbocycles. The number of halogens is 1. The first-order valence-electron chi connectivity index (χ1n) is 5.76. The zero-order chi connectivity index (χ0) is 12.7. The second-order valence-corrected chi connectivity index (χ2v) is 4.57. The Balaban J connectivity index is 2.23. The number of nitrogens with one attached hydrogen (secondary N) is 1. The molecule has 0 radical (unpaired) electrons. The Bertz CT molecular complexity index is 351. The van der Waals surface area contributed by atoms with E-state index in [0.717, 1.165) is 17.9 Å². The molecule has 0 aliphatic heterocycles. The third-order valence-electron chi connectivity index (χ3n) is 2.46. The molecule has 0 fully saturated rings. The summed E-state index contributed by atoms with van der Waals surface area (Å²) in [5.74, 6) is -0.0134. The summed E-state index contributed by atoms with van der Waals surface area (Å²) in [5, 5.41) is 12.2. The minimum Gasteiger partial charge on any atom is -0.394 e. The maximum Gasteiger partial charge on any atom is 0.220 e. The smallest absolute Gasteiger partial charge is 0.220 e. The molecule has 1 rings (SSSR count). The van der Waals surface area contributed by atoms with Crippen LogP contribution in [0.2, 0.25) is 5.02 Å². The van der Waals surface area contributed by atoms with Crippen molar-refractivity contribution in [3.63, 3.8) is 0 Å². The molecule has 0 aromatic heterocycles. The molecule has 2 N–H and O–H groups in total. The lowest BCUT2D eigenvalue weighted by Gasteiger charge is -2.10. The predicted molar refractivity (Wildman–Crippen MR) is 69.1 cm³/mol. The third kappa shape index (κ3) is 5.71. The quantitative estimate of drug-likeness (QED) is 0.819. The lowest BCUT2D eigenvalue weighted by Crippen LogP contribution is -2.34. The molecule has 1 unspecified atom stereocenters. The first-order valence-corrected chi connectivity index (χ1v) is 6.14. The number of hydrogen-bond donors (Lipinski definition) is 2. The van der Waals surface area contributed by atoms with E-state index in [-0.39, 0.29) is 18.6 Å². The highest BCUT2D eigenvalue weighted by atomic mass is 35.5. The standard InChI is InChI=1S/C13H18ClNO2/c1-10(9-16)15-13(17)4-2-3-11-5-7-12(14)8-6-11/h5-8,10,16H,2-4,9H2,1H3,(H,15,17). The van der Waals surface area contributed by atoms with Crippen LogP contribution in [0.25, 0.3) is 0 Å². The number of amides is 1. The van der Waals surface area contributed by atoms with Gasteiger partial charge in [-0.1, -0.05) is 23.7 Å². The topological polar surface area (TPSA) is 49.3 Å². The van der Waals surface area contributed by atoms with Gasteiger partial charge in [0.05, 0.1) is 6.61 Å². The molecule has 1 aromatic rings. The molecule has 4 heteroatoms. The van der Waals surface area contributed by atoms with Crippen LogP contribution in [0.3, 0.4) is 0 Å². The number of aliphatic hydroxyl groups excluding tert-OH is 1. The Morgan fingerprint density at radius 1 is 1.41 bits per heavy atom. The summed E-state index contributed by atoms with van der Waals surface area (Å²) < 4.78 is 0. The summed E-state index contributed by atoms with van der Waals surface area (Å²) in [6, 6.07) is 7.47. The minimum absolute atomic E-state index is 0.0134. The molecule has 0 saturated heterocycles. The van der Waals surface area contributed by atoms with Crippen LogP contribution in [0, 0.1) is 0 Å². The lowest BCUT2D eigenvalue weighted by molar-refractivity contribution is -0.122. The van der Waals surface area contributed by atoms with Crippen LogP contribution in [-0.2, 0) is 11.2 Å². The first-order chi connectivity index (χ1) is 8.11. The van der Waals surface area contributed by atoms with E-state index in [4.69, 9.17) is 16.7 Å². The Kier molecular flexibility index (Phi) is 6.01. The summed E-state index contributed by atoms with van der Waals surface area (Å²) in [5.41, 5.74) is 1.18. The lowest BCUT2D eigenvalue weighted by atomic mass is 10.1. The maximum atomic E-state index is 11.4. The third-order valence-corrected chi connectivity index (χ3v) is 2.72. The maximum absolute atomic E-state index is 11.4. The van der Waals surface area contributed by atoms with Gasteiger partial charge < -0.3 is 10.4 Å². The van der Waals surface area contributed by atoms with Crippen molar-refractivity contribution in [1.29, 1.82) is 0 Å². The van der Waals surface area contributed by atoms with Gasteiger partial charge in [0, 0.05) is 17.5 Å². The van der Waals surface area contributed by atoms with E-state index in [1.807, 2.05) is 24.3 Å². The molecule has 0 saturated carbocycles. The van der Waals surface area contributed by atoms with Crippen LogP contribution < -0.4 is 5.32 Å². The molecular formula is C13H18ClNO2. The van der Waals surface area contributed by atoms with Gasteiger partial charge in [0.2, 0.25) is 5.91 Å². The van der Waals surface area contributed by atoms with E-state index in [1.54, 1.807) is 6.92 Å². The Morgan fingerprint density at radius 3 is 2.65 bits per heavy atom. The Morgan fingerprint density at radius 2 is 2.06 bits per heavy atom. The summed E-state index contributed by atoms with van der Waals surface area (Å²) >= 11 is 5.78. The van der Waals surface area contributed by atoms with Crippen molar-refractivity contribution < 1.29 is 9.90 Å². The van der Waals surface area contributed by atoms with Crippen LogP contribution in [0.1, 0.15) is 25.3 Å². The van der Waals surface area contributed by atoms with Gasteiger partial charge >= 0.3 is 0 Å². The number of carbonyl (C=O) groups is 1. The largest absolute Gasteiger partial charge is 0.394 e. The van der Waals surface area contributed by atoms with Gasteiger partial charge in [-0.25, -0.2) is 0 Å². The molecular weight excluding hydrogens is 238 g/mol. The number of rotatable bonds is 6. The molecule has 0 heterocycles. The second kappa shape index (κ2) is 7.30. The monoisotopic (exact) mass is 255 g/mol. The van der Waals surface area contributed by atoms with Crippen molar-refractivity contribution in [2.75, 3.05) is 6.61 Å². The van der Waals surface area contributed by atoms with Gasteiger partial charge in [0.15, 0.2) is 0 Å². The number of carbonyl (C=O) groups excluding carboxylic acids is 1. The Hall–Kier alpha value is -1.06. The predicted octanol–water partition coefficient (Wildman–Crippen LogP) is 2.16. The van der Waals surface area contributed by atoms with Gasteiger partial charge in [-0.05, 0) is 37.5 Å². The van der Waals surface area contributed by atoms with Gasteiger partial charge in [-0.15, -0.1) is 0 Å². The van der Waals surface area contributed by atoms with Gasteiger partial charge in [-0.3, -0.25) is 4.79 Å². The van der Waals surface area contributed by atoms with Crippen molar-refractivity contribution in [2.45, 2.75) is 32.2 Å². The van der Waals surface area contributed by atoms with Crippen molar-refractivity contribution >= 4 is 17.5 Å². The molecule has 94 valence electrons. The van der Waals surface area contributed by atoms with Gasteiger partial charge in [0.25, 0.3) is 0 Å². The van der Waals surface area contributed by atoms with Crippen molar-refractivity contribution in [3.05, 3.63) is 34.9 Å². The summed E-state index contributed by atoms with van der Waals surface area (Å²) in [4.78, 5) is 11.4. The molecule has 1 aromatic carbocycles. The van der Waals surface area contributed by atoms with Gasteiger partial charge in [0.1, 0.15) is 0 Å². The fraction of sp³-hybridized carbons (Fsp3) is 0.462. The number of aliphatic hydroxyl groups is 1. The minimum atomic E-state index is -0.168. The fourth-order valence-electron chi connectivity index (χ4n) is 1.50. The average molecular weight is 256 g/mol. The number of benzene rings is 1. The molecule has 3 nitrogen and oxygen atoms in total. The zero-order valence-corrected chi connectivity index (χ0v) is 10.7. The van der Waals surface area contributed by atoms with Crippen LogP contribution in [-0.4, -0.2) is 23.7 Å². The van der Waals surface area contributed by atoms with Crippen molar-refractivity contribution in [2.24, 2.45) is 0 Å². The zero-order valence-electron chi connectivity index (χ0n) is 9.95. The first kappa shape index (κ1) is 14.0. The molecule has 0 bridgehead atoms. The fourth-order valence-corrected chi connectivity index (χ4v) is 1.62. The molecule has 1 amide bonds. The molecule has 1 atom stereocenters. The molecule has 0 spiro atoms. The van der Waals surface area contributed by atoms with Gasteiger partial charge in [-0.2, -0.15) is 0 Å². The second-order valence-electron chi connectivity index (χ2n) is 4.13. The number of aryl methyl sites for hydroxylation is 1. The van der Waals surface area contributed by atoms with E-state index in [2.05, 4.69) is 5.32 Å². The SMILES string of the molecule is CC(CO)NC(=O)CCCc1ccc(Cl)cc1. The van der Waals surface area contributed by atoms with Crippen LogP contribution in [0.5, 0.6) is 0 Å². The highest BCUT2D eigenvalue weighted by Gasteiger charge is 2.05. The van der Waals surface area contributed by atoms with Crippen LogP contribution in [0.4, 0.5) is 0 Å². The number of hydrogen-bond acceptors (Lipinski definition) is 2. The van der Waals surface area contributed by atoms with E-state index < -0.39 is 0 Å². The summed E-state index contributed by atoms with van der Waals surface area (Å²) in [7, 11) is 0. The van der Waals surface area contributed by atoms with Crippen molar-refractivity contribution in [3.8, 4) is 0 Å². The van der Waals surface area contributed by atoms with Crippen LogP contribution >= 0.6 is 11.6 Å². The van der Waals surface area contributed by atoms with Crippen molar-refractivity contribution in [1.82, 2.24) is 5.32 Å². The van der Waals surface area contributed by atoms with E-state index in [1.165, 1.54) is 5.56 Å². The van der Waals surface area contributed by atoms with E-state index in [0.29, 0.717) is 6.42 Å². The average Bonchev–Trinajstić information content (AvgIpc) is 2.31.